The summed E-state index contributed by atoms with van der Waals surface area (Å²) in [7, 11) is 0. The van der Waals surface area contributed by atoms with Gasteiger partial charge >= 0.3 is 0 Å². The topological polar surface area (TPSA) is 76.9 Å². The average molecular weight is 308 g/mol. The molecule has 0 aliphatic carbocycles. The molecule has 0 radical (unpaired) electrons. The van der Waals surface area contributed by atoms with Crippen LogP contribution in [0.15, 0.2) is 53.5 Å². The molecule has 116 valence electrons. The van der Waals surface area contributed by atoms with Crippen molar-refractivity contribution >= 4 is 17.1 Å². The second-order valence-electron chi connectivity index (χ2n) is 5.02. The summed E-state index contributed by atoms with van der Waals surface area (Å²) in [5.41, 5.74) is 1.44. The van der Waals surface area contributed by atoms with Crippen LogP contribution < -0.4 is 10.9 Å². The fourth-order valence-electron chi connectivity index (χ4n) is 2.38. The van der Waals surface area contributed by atoms with E-state index in [1.165, 1.54) is 4.57 Å². The van der Waals surface area contributed by atoms with Crippen molar-refractivity contribution in [3.05, 3.63) is 70.3 Å². The molecule has 0 saturated heterocycles. The standard InChI is InChI=1S/C17H16N4O2/c1-2-21-15-13(9-6-10-18-15)20-14(17(21)23)16(22)19-11-12-7-4-3-5-8-12/h3-10H,2,11H2,1H3,(H,19,22). The molecule has 3 rings (SSSR count). The van der Waals surface area contributed by atoms with Gasteiger partial charge in [-0.25, -0.2) is 9.97 Å². The zero-order valence-corrected chi connectivity index (χ0v) is 12.7. The lowest BCUT2D eigenvalue weighted by atomic mass is 10.2. The minimum atomic E-state index is -0.480. The van der Waals surface area contributed by atoms with Gasteiger partial charge in [0.15, 0.2) is 11.3 Å². The van der Waals surface area contributed by atoms with Gasteiger partial charge in [0.1, 0.15) is 5.52 Å². The van der Waals surface area contributed by atoms with Gasteiger partial charge in [0.05, 0.1) is 0 Å². The van der Waals surface area contributed by atoms with E-state index >= 15 is 0 Å². The maximum absolute atomic E-state index is 12.5. The van der Waals surface area contributed by atoms with Gasteiger partial charge in [-0.05, 0) is 24.6 Å². The minimum Gasteiger partial charge on any atom is -0.346 e. The molecule has 0 atom stereocenters. The third-order valence-electron chi connectivity index (χ3n) is 3.53. The molecule has 0 saturated carbocycles. The Hall–Kier alpha value is -3.02. The molecule has 0 bridgehead atoms. The minimum absolute atomic E-state index is 0.108. The van der Waals surface area contributed by atoms with Crippen LogP contribution in [0.4, 0.5) is 0 Å². The number of carbonyl (C=O) groups is 1. The van der Waals surface area contributed by atoms with Gasteiger partial charge < -0.3 is 5.32 Å². The van der Waals surface area contributed by atoms with Crippen molar-refractivity contribution in [2.45, 2.75) is 20.0 Å². The van der Waals surface area contributed by atoms with E-state index in [1.807, 2.05) is 37.3 Å². The van der Waals surface area contributed by atoms with E-state index in [0.717, 1.165) is 5.56 Å². The molecule has 6 nitrogen and oxygen atoms in total. The SMILES string of the molecule is CCn1c(=O)c(C(=O)NCc2ccccc2)nc2cccnc21. The zero-order chi connectivity index (χ0) is 16.2. The van der Waals surface area contributed by atoms with Crippen LogP contribution >= 0.6 is 0 Å². The number of benzene rings is 1. The van der Waals surface area contributed by atoms with Crippen LogP contribution in [-0.4, -0.2) is 20.4 Å². The molecule has 0 fully saturated rings. The van der Waals surface area contributed by atoms with Crippen molar-refractivity contribution < 1.29 is 4.79 Å². The first-order chi connectivity index (χ1) is 11.2. The number of amides is 1. The highest BCUT2D eigenvalue weighted by Crippen LogP contribution is 2.07. The zero-order valence-electron chi connectivity index (χ0n) is 12.7. The number of nitrogens with zero attached hydrogens (tertiary/aromatic N) is 3. The number of rotatable bonds is 4. The van der Waals surface area contributed by atoms with Gasteiger partial charge in [-0.2, -0.15) is 0 Å². The van der Waals surface area contributed by atoms with Crippen molar-refractivity contribution in [2.75, 3.05) is 0 Å². The van der Waals surface area contributed by atoms with Gasteiger partial charge in [0.2, 0.25) is 0 Å². The van der Waals surface area contributed by atoms with Crippen LogP contribution in [0.2, 0.25) is 0 Å². The van der Waals surface area contributed by atoms with Gasteiger partial charge in [-0.15, -0.1) is 0 Å². The van der Waals surface area contributed by atoms with Crippen LogP contribution in [0.25, 0.3) is 11.2 Å². The van der Waals surface area contributed by atoms with E-state index in [1.54, 1.807) is 18.3 Å². The first-order valence-corrected chi connectivity index (χ1v) is 7.38. The lowest BCUT2D eigenvalue weighted by Gasteiger charge is -2.09. The van der Waals surface area contributed by atoms with Gasteiger partial charge in [0.25, 0.3) is 11.5 Å². The third kappa shape index (κ3) is 2.96. The maximum Gasteiger partial charge on any atom is 0.283 e. The smallest absolute Gasteiger partial charge is 0.283 e. The summed E-state index contributed by atoms with van der Waals surface area (Å²) in [5.74, 6) is -0.480. The van der Waals surface area contributed by atoms with E-state index in [0.29, 0.717) is 24.3 Å². The summed E-state index contributed by atoms with van der Waals surface area (Å²) in [4.78, 5) is 33.2. The monoisotopic (exact) mass is 308 g/mol. The molecule has 0 spiro atoms. The number of pyridine rings is 1. The summed E-state index contributed by atoms with van der Waals surface area (Å²) in [6, 6.07) is 13.0. The highest BCUT2D eigenvalue weighted by molar-refractivity contribution is 5.93. The van der Waals surface area contributed by atoms with E-state index in [-0.39, 0.29) is 5.69 Å². The number of carbonyl (C=O) groups excluding carboxylic acids is 1. The quantitative estimate of drug-likeness (QED) is 0.796. The molecular formula is C17H16N4O2. The molecule has 1 aromatic carbocycles. The van der Waals surface area contributed by atoms with E-state index in [4.69, 9.17) is 0 Å². The lowest BCUT2D eigenvalue weighted by molar-refractivity contribution is 0.0944. The van der Waals surface area contributed by atoms with Gasteiger partial charge in [-0.3, -0.25) is 14.2 Å². The highest BCUT2D eigenvalue weighted by atomic mass is 16.2. The number of aromatic nitrogens is 3. The molecule has 0 aliphatic heterocycles. The average Bonchev–Trinajstić information content (AvgIpc) is 2.60. The Morgan fingerprint density at radius 3 is 2.70 bits per heavy atom. The second kappa shape index (κ2) is 6.39. The molecule has 0 unspecified atom stereocenters. The van der Waals surface area contributed by atoms with Crippen LogP contribution in [0.3, 0.4) is 0 Å². The van der Waals surface area contributed by atoms with Gasteiger partial charge in [-0.1, -0.05) is 30.3 Å². The Labute approximate surface area is 132 Å². The number of hydrogen-bond acceptors (Lipinski definition) is 4. The fraction of sp³-hybridized carbons (Fsp3) is 0.176. The molecule has 1 N–H and O–H groups in total. The molecule has 23 heavy (non-hydrogen) atoms. The third-order valence-corrected chi connectivity index (χ3v) is 3.53. The predicted octanol–water partition coefficient (Wildman–Crippen LogP) is 1.74. The van der Waals surface area contributed by atoms with E-state index in [2.05, 4.69) is 15.3 Å². The molecular weight excluding hydrogens is 292 g/mol. The van der Waals surface area contributed by atoms with Gasteiger partial charge in [0, 0.05) is 19.3 Å². The Bertz CT molecular complexity index is 903. The fourth-order valence-corrected chi connectivity index (χ4v) is 2.38. The Morgan fingerprint density at radius 2 is 1.96 bits per heavy atom. The van der Waals surface area contributed by atoms with Crippen molar-refractivity contribution in [3.8, 4) is 0 Å². The Kier molecular flexibility index (Phi) is 4.14. The van der Waals surface area contributed by atoms with Crippen molar-refractivity contribution in [1.82, 2.24) is 19.9 Å². The Balaban J connectivity index is 1.94. The summed E-state index contributed by atoms with van der Waals surface area (Å²) in [5, 5.41) is 2.74. The lowest BCUT2D eigenvalue weighted by Crippen LogP contribution is -2.34. The van der Waals surface area contributed by atoms with E-state index < -0.39 is 11.5 Å². The number of aryl methyl sites for hydroxylation is 1. The van der Waals surface area contributed by atoms with Crippen LogP contribution in [0.5, 0.6) is 0 Å². The van der Waals surface area contributed by atoms with Crippen LogP contribution in [0, 0.1) is 0 Å². The summed E-state index contributed by atoms with van der Waals surface area (Å²) >= 11 is 0. The Morgan fingerprint density at radius 1 is 1.17 bits per heavy atom. The number of nitrogens with one attached hydrogen (secondary N) is 1. The predicted molar refractivity (Wildman–Crippen MR) is 87.1 cm³/mol. The van der Waals surface area contributed by atoms with Crippen molar-refractivity contribution in [2.24, 2.45) is 0 Å². The normalized spacial score (nSPS) is 10.7. The molecule has 3 aromatic rings. The highest BCUT2D eigenvalue weighted by Gasteiger charge is 2.17. The number of hydrogen-bond donors (Lipinski definition) is 1. The molecule has 6 heteroatoms. The molecule has 0 aliphatic rings. The maximum atomic E-state index is 12.5. The first-order valence-electron chi connectivity index (χ1n) is 7.38. The largest absolute Gasteiger partial charge is 0.346 e. The van der Waals surface area contributed by atoms with Crippen molar-refractivity contribution in [1.29, 1.82) is 0 Å². The van der Waals surface area contributed by atoms with Crippen LogP contribution in [0.1, 0.15) is 23.0 Å². The molecule has 1 amide bonds. The first kappa shape index (κ1) is 14.9. The summed E-state index contributed by atoms with van der Waals surface area (Å²) in [6.45, 7) is 2.60. The summed E-state index contributed by atoms with van der Waals surface area (Å²) in [6.07, 6.45) is 1.60. The van der Waals surface area contributed by atoms with Crippen molar-refractivity contribution in [3.63, 3.8) is 0 Å². The number of fused-ring (bicyclic) bond motifs is 1. The molecule has 2 aromatic heterocycles. The summed E-state index contributed by atoms with van der Waals surface area (Å²) < 4.78 is 1.46. The molecule has 2 heterocycles. The van der Waals surface area contributed by atoms with Crippen LogP contribution in [-0.2, 0) is 13.1 Å². The second-order valence-corrected chi connectivity index (χ2v) is 5.02. The van der Waals surface area contributed by atoms with E-state index in [9.17, 15) is 9.59 Å².